The van der Waals surface area contributed by atoms with E-state index in [2.05, 4.69) is 10.3 Å². The van der Waals surface area contributed by atoms with Gasteiger partial charge in [-0.3, -0.25) is 14.4 Å². The quantitative estimate of drug-likeness (QED) is 0.546. The van der Waals surface area contributed by atoms with Crippen LogP contribution in [0.1, 0.15) is 30.8 Å². The number of carbonyl (C=O) groups is 4. The van der Waals surface area contributed by atoms with E-state index in [0.717, 1.165) is 10.9 Å². The molecule has 1 aliphatic heterocycles. The van der Waals surface area contributed by atoms with Gasteiger partial charge in [-0.25, -0.2) is 4.79 Å². The Morgan fingerprint density at radius 3 is 2.41 bits per heavy atom. The van der Waals surface area contributed by atoms with Crippen LogP contribution < -0.4 is 11.1 Å². The molecule has 11 heteroatoms. The predicted molar refractivity (Wildman–Crippen MR) is 122 cm³/mol. The number of hydrogen-bond donors (Lipinski definition) is 3. The van der Waals surface area contributed by atoms with Gasteiger partial charge in [0.15, 0.2) is 0 Å². The van der Waals surface area contributed by atoms with Crippen molar-refractivity contribution in [1.29, 1.82) is 0 Å². The summed E-state index contributed by atoms with van der Waals surface area (Å²) in [5.41, 5.74) is 7.50. The average Bonchev–Trinajstić information content (AvgIpc) is 3.17. The standard InChI is InChI=1S/C21H27N5O5.ClH/c1-3-31-21(30)18-11-14-10-15(4-5-17(14)24-18)23-20(29)16(22)12-19(28)26-8-6-25(7-9-26)13(2)27;/h4-5,10-11,16,24H,3,6-9,12,22H2,1-2H3,(H,23,29);1H/t16-;/m0./s1. The third-order valence-electron chi connectivity index (χ3n) is 5.19. The molecule has 4 N–H and O–H groups in total. The van der Waals surface area contributed by atoms with Gasteiger partial charge in [0.25, 0.3) is 0 Å². The fraction of sp³-hybridized carbons (Fsp3) is 0.429. The van der Waals surface area contributed by atoms with Gasteiger partial charge in [-0.2, -0.15) is 0 Å². The smallest absolute Gasteiger partial charge is 0.354 e. The first kappa shape index (κ1) is 25.2. The van der Waals surface area contributed by atoms with Crippen LogP contribution in [0.2, 0.25) is 0 Å². The van der Waals surface area contributed by atoms with Crippen LogP contribution in [0.4, 0.5) is 5.69 Å². The van der Waals surface area contributed by atoms with Gasteiger partial charge in [-0.15, -0.1) is 12.4 Å². The number of fused-ring (bicyclic) bond motifs is 1. The summed E-state index contributed by atoms with van der Waals surface area (Å²) < 4.78 is 4.98. The number of halogens is 1. The lowest BCUT2D eigenvalue weighted by atomic mass is 10.1. The SMILES string of the molecule is CCOC(=O)c1cc2cc(NC(=O)[C@@H](N)CC(=O)N3CCN(C(C)=O)CC3)ccc2[nH]1.Cl. The fourth-order valence-corrected chi connectivity index (χ4v) is 3.44. The Labute approximate surface area is 191 Å². The van der Waals surface area contributed by atoms with E-state index in [-0.39, 0.29) is 37.2 Å². The molecule has 0 aliphatic carbocycles. The van der Waals surface area contributed by atoms with Gasteiger partial charge in [0.1, 0.15) is 5.69 Å². The molecule has 1 fully saturated rings. The van der Waals surface area contributed by atoms with E-state index in [1.54, 1.807) is 41.0 Å². The number of aromatic nitrogens is 1. The Morgan fingerprint density at radius 1 is 1.12 bits per heavy atom. The molecule has 32 heavy (non-hydrogen) atoms. The van der Waals surface area contributed by atoms with Crippen LogP contribution in [-0.2, 0) is 19.1 Å². The highest BCUT2D eigenvalue weighted by Crippen LogP contribution is 2.21. The molecule has 10 nitrogen and oxygen atoms in total. The molecule has 3 rings (SSSR count). The maximum Gasteiger partial charge on any atom is 0.354 e. The van der Waals surface area contributed by atoms with Crippen molar-refractivity contribution < 1.29 is 23.9 Å². The second-order valence-corrected chi connectivity index (χ2v) is 7.39. The number of carbonyl (C=O) groups excluding carboxylic acids is 4. The fourth-order valence-electron chi connectivity index (χ4n) is 3.44. The highest BCUT2D eigenvalue weighted by atomic mass is 35.5. The first-order valence-electron chi connectivity index (χ1n) is 10.2. The van der Waals surface area contributed by atoms with Gasteiger partial charge in [0, 0.05) is 49.7 Å². The zero-order valence-electron chi connectivity index (χ0n) is 18.1. The van der Waals surface area contributed by atoms with Gasteiger partial charge in [-0.1, -0.05) is 0 Å². The number of benzene rings is 1. The van der Waals surface area contributed by atoms with Crippen molar-refractivity contribution in [2.24, 2.45) is 5.73 Å². The molecule has 0 saturated carbocycles. The Morgan fingerprint density at radius 2 is 1.78 bits per heavy atom. The number of nitrogens with zero attached hydrogens (tertiary/aromatic N) is 2. The zero-order chi connectivity index (χ0) is 22.5. The highest BCUT2D eigenvalue weighted by Gasteiger charge is 2.25. The third-order valence-corrected chi connectivity index (χ3v) is 5.19. The van der Waals surface area contributed by atoms with E-state index in [1.165, 1.54) is 6.92 Å². The Balaban J connectivity index is 0.00000363. The van der Waals surface area contributed by atoms with Crippen molar-refractivity contribution >= 4 is 52.7 Å². The number of anilines is 1. The minimum Gasteiger partial charge on any atom is -0.461 e. The molecule has 2 heterocycles. The van der Waals surface area contributed by atoms with Crippen LogP contribution in [0.5, 0.6) is 0 Å². The van der Waals surface area contributed by atoms with Crippen molar-refractivity contribution in [3.63, 3.8) is 0 Å². The maximum absolute atomic E-state index is 12.5. The van der Waals surface area contributed by atoms with Crippen molar-refractivity contribution in [3.05, 3.63) is 30.0 Å². The molecule has 1 aromatic carbocycles. The average molecular weight is 466 g/mol. The van der Waals surface area contributed by atoms with Crippen molar-refractivity contribution in [2.45, 2.75) is 26.3 Å². The minimum atomic E-state index is -1.00. The Bertz CT molecular complexity index is 1000. The number of amides is 3. The number of piperazine rings is 1. The normalized spacial score (nSPS) is 14.5. The number of nitrogens with two attached hydrogens (primary N) is 1. The molecule has 1 aromatic heterocycles. The molecule has 2 aromatic rings. The third kappa shape index (κ3) is 5.98. The molecular weight excluding hydrogens is 438 g/mol. The molecule has 3 amide bonds. The predicted octanol–water partition coefficient (Wildman–Crippen LogP) is 1.11. The van der Waals surface area contributed by atoms with Crippen LogP contribution >= 0.6 is 12.4 Å². The number of H-pyrrole nitrogens is 1. The van der Waals surface area contributed by atoms with Gasteiger partial charge in [-0.05, 0) is 31.2 Å². The van der Waals surface area contributed by atoms with Gasteiger partial charge < -0.3 is 30.6 Å². The molecule has 1 aliphatic rings. The lowest BCUT2D eigenvalue weighted by molar-refractivity contribution is -0.139. The lowest BCUT2D eigenvalue weighted by Crippen LogP contribution is -2.51. The van der Waals surface area contributed by atoms with Crippen molar-refractivity contribution in [1.82, 2.24) is 14.8 Å². The number of esters is 1. The van der Waals surface area contributed by atoms with Gasteiger partial charge in [0.05, 0.1) is 19.1 Å². The second kappa shape index (κ2) is 11.0. The Kier molecular flexibility index (Phi) is 8.62. The Hall–Kier alpha value is -3.11. The lowest BCUT2D eigenvalue weighted by Gasteiger charge is -2.34. The summed E-state index contributed by atoms with van der Waals surface area (Å²) in [7, 11) is 0. The molecule has 1 atom stereocenters. The topological polar surface area (TPSA) is 138 Å². The first-order valence-corrected chi connectivity index (χ1v) is 10.2. The van der Waals surface area contributed by atoms with Crippen LogP contribution in [0.25, 0.3) is 10.9 Å². The molecule has 0 spiro atoms. The molecule has 0 bridgehead atoms. The summed E-state index contributed by atoms with van der Waals surface area (Å²) in [6.45, 7) is 5.33. The number of hydrogen-bond acceptors (Lipinski definition) is 6. The zero-order valence-corrected chi connectivity index (χ0v) is 18.9. The molecule has 0 unspecified atom stereocenters. The minimum absolute atomic E-state index is 0. The first-order chi connectivity index (χ1) is 14.8. The van der Waals surface area contributed by atoms with Crippen molar-refractivity contribution in [3.8, 4) is 0 Å². The summed E-state index contributed by atoms with van der Waals surface area (Å²) in [5.74, 6) is -1.16. The van der Waals surface area contributed by atoms with E-state index in [9.17, 15) is 19.2 Å². The van der Waals surface area contributed by atoms with Gasteiger partial charge >= 0.3 is 5.97 Å². The summed E-state index contributed by atoms with van der Waals surface area (Å²) in [5, 5.41) is 3.44. The molecule has 174 valence electrons. The van der Waals surface area contributed by atoms with E-state index >= 15 is 0 Å². The number of ether oxygens (including phenoxy) is 1. The highest BCUT2D eigenvalue weighted by molar-refractivity contribution is 6.00. The van der Waals surface area contributed by atoms with Crippen LogP contribution in [0.3, 0.4) is 0 Å². The summed E-state index contributed by atoms with van der Waals surface area (Å²) in [6, 6.07) is 5.77. The van der Waals surface area contributed by atoms with Gasteiger partial charge in [0.2, 0.25) is 17.7 Å². The summed E-state index contributed by atoms with van der Waals surface area (Å²) in [6.07, 6.45) is -0.120. The number of rotatable bonds is 6. The second-order valence-electron chi connectivity index (χ2n) is 7.39. The van der Waals surface area contributed by atoms with Crippen LogP contribution in [0.15, 0.2) is 24.3 Å². The number of nitrogens with one attached hydrogen (secondary N) is 2. The number of aromatic amines is 1. The maximum atomic E-state index is 12.5. The molecular formula is C21H28ClN5O5. The molecule has 0 radical (unpaired) electrons. The molecule has 1 saturated heterocycles. The van der Waals surface area contributed by atoms with Crippen molar-refractivity contribution in [2.75, 3.05) is 38.1 Å². The van der Waals surface area contributed by atoms with E-state index < -0.39 is 17.9 Å². The summed E-state index contributed by atoms with van der Waals surface area (Å²) in [4.78, 5) is 54.4. The van der Waals surface area contributed by atoms with Crippen LogP contribution in [0, 0.1) is 0 Å². The van der Waals surface area contributed by atoms with E-state index in [4.69, 9.17) is 10.5 Å². The van der Waals surface area contributed by atoms with Crippen LogP contribution in [-0.4, -0.2) is 77.3 Å². The van der Waals surface area contributed by atoms with E-state index in [1.807, 2.05) is 0 Å². The van der Waals surface area contributed by atoms with E-state index in [0.29, 0.717) is 37.6 Å². The largest absolute Gasteiger partial charge is 0.461 e. The summed E-state index contributed by atoms with van der Waals surface area (Å²) >= 11 is 0. The monoisotopic (exact) mass is 465 g/mol.